The molecule has 1 aromatic carbocycles. The molecule has 0 atom stereocenters. The lowest BCUT2D eigenvalue weighted by molar-refractivity contribution is -0.384. The highest BCUT2D eigenvalue weighted by Crippen LogP contribution is 2.37. The van der Waals surface area contributed by atoms with Gasteiger partial charge in [0.2, 0.25) is 0 Å². The number of anilines is 1. The number of likely N-dealkylation sites (N-methyl/N-ethyl adjacent to an activating group) is 1. The number of methoxy groups -OCH3 is 1. The topological polar surface area (TPSA) is 55.6 Å². The van der Waals surface area contributed by atoms with E-state index in [1.165, 1.54) is 13.2 Å². The van der Waals surface area contributed by atoms with Gasteiger partial charge in [0.1, 0.15) is 11.4 Å². The summed E-state index contributed by atoms with van der Waals surface area (Å²) in [6.07, 6.45) is 3.84. The molecule has 0 bridgehead atoms. The Morgan fingerprint density at radius 3 is 2.88 bits per heavy atom. The summed E-state index contributed by atoms with van der Waals surface area (Å²) in [5.74, 6) is 0.505. The summed E-state index contributed by atoms with van der Waals surface area (Å²) >= 11 is 0. The fourth-order valence-corrected chi connectivity index (χ4v) is 1.84. The minimum absolute atomic E-state index is 0.0844. The molecule has 2 rings (SSSR count). The van der Waals surface area contributed by atoms with Crippen LogP contribution in [0.3, 0.4) is 0 Å². The van der Waals surface area contributed by atoms with Gasteiger partial charge in [0.15, 0.2) is 0 Å². The number of nitro benzene ring substituents is 1. The molecule has 0 fully saturated rings. The van der Waals surface area contributed by atoms with Crippen molar-refractivity contribution in [2.45, 2.75) is 0 Å². The maximum Gasteiger partial charge on any atom is 0.296 e. The van der Waals surface area contributed by atoms with Crippen molar-refractivity contribution in [2.24, 2.45) is 0 Å². The summed E-state index contributed by atoms with van der Waals surface area (Å²) in [4.78, 5) is 12.5. The highest BCUT2D eigenvalue weighted by atomic mass is 16.6. The van der Waals surface area contributed by atoms with Gasteiger partial charge in [0.25, 0.3) is 5.69 Å². The molecule has 0 amide bonds. The fourth-order valence-electron chi connectivity index (χ4n) is 1.84. The Morgan fingerprint density at radius 1 is 1.50 bits per heavy atom. The average Bonchev–Trinajstić information content (AvgIpc) is 2.27. The van der Waals surface area contributed by atoms with E-state index in [1.54, 1.807) is 6.07 Å². The van der Waals surface area contributed by atoms with Crippen LogP contribution in [0.1, 0.15) is 5.56 Å². The Kier molecular flexibility index (Phi) is 2.52. The summed E-state index contributed by atoms with van der Waals surface area (Å²) in [6.45, 7) is 0.681. The first-order valence-corrected chi connectivity index (χ1v) is 4.87. The van der Waals surface area contributed by atoms with Crippen molar-refractivity contribution in [3.05, 3.63) is 33.9 Å². The van der Waals surface area contributed by atoms with Crippen LogP contribution in [0.15, 0.2) is 18.2 Å². The van der Waals surface area contributed by atoms with E-state index in [9.17, 15) is 10.1 Å². The summed E-state index contributed by atoms with van der Waals surface area (Å²) in [5.41, 5.74) is 1.55. The third-order valence-electron chi connectivity index (χ3n) is 2.58. The molecular weight excluding hydrogens is 208 g/mol. The Hall–Kier alpha value is -2.04. The molecular formula is C11H12N2O3. The molecule has 0 saturated carbocycles. The van der Waals surface area contributed by atoms with Crippen molar-refractivity contribution < 1.29 is 9.66 Å². The van der Waals surface area contributed by atoms with Crippen LogP contribution in [0.25, 0.3) is 6.08 Å². The van der Waals surface area contributed by atoms with E-state index < -0.39 is 0 Å². The minimum Gasteiger partial charge on any atom is -0.496 e. The summed E-state index contributed by atoms with van der Waals surface area (Å²) in [7, 11) is 3.34. The lowest BCUT2D eigenvalue weighted by Crippen LogP contribution is -2.21. The fraction of sp³-hybridized carbons (Fsp3) is 0.273. The molecule has 1 aromatic rings. The van der Waals surface area contributed by atoms with Crippen LogP contribution in [0.4, 0.5) is 11.4 Å². The van der Waals surface area contributed by atoms with Gasteiger partial charge >= 0.3 is 0 Å². The van der Waals surface area contributed by atoms with Gasteiger partial charge in [-0.3, -0.25) is 10.1 Å². The monoisotopic (exact) mass is 220 g/mol. The molecule has 0 radical (unpaired) electrons. The first-order chi connectivity index (χ1) is 7.63. The lowest BCUT2D eigenvalue weighted by Gasteiger charge is -2.23. The van der Waals surface area contributed by atoms with Gasteiger partial charge in [-0.15, -0.1) is 0 Å². The number of hydrogen-bond donors (Lipinski definition) is 0. The third kappa shape index (κ3) is 1.60. The third-order valence-corrected chi connectivity index (χ3v) is 2.58. The standard InChI is InChI=1S/C11H12N2O3/c1-12-5-3-4-8-6-9(16-2)7-10(11(8)12)13(14)15/h3-4,6-7H,5H2,1-2H3. The molecule has 0 spiro atoms. The zero-order chi connectivity index (χ0) is 11.7. The van der Waals surface area contributed by atoms with Crippen molar-refractivity contribution in [1.29, 1.82) is 0 Å². The predicted molar refractivity (Wildman–Crippen MR) is 62.0 cm³/mol. The van der Waals surface area contributed by atoms with Gasteiger partial charge in [-0.1, -0.05) is 12.2 Å². The van der Waals surface area contributed by atoms with Crippen LogP contribution in [0.2, 0.25) is 0 Å². The van der Waals surface area contributed by atoms with E-state index in [1.807, 2.05) is 24.1 Å². The highest BCUT2D eigenvalue weighted by molar-refractivity contribution is 5.80. The van der Waals surface area contributed by atoms with Gasteiger partial charge < -0.3 is 9.64 Å². The number of fused-ring (bicyclic) bond motifs is 1. The largest absolute Gasteiger partial charge is 0.496 e. The van der Waals surface area contributed by atoms with E-state index in [-0.39, 0.29) is 10.6 Å². The summed E-state index contributed by atoms with van der Waals surface area (Å²) in [6, 6.07) is 3.25. The SMILES string of the molecule is COc1cc2c(c([N+](=O)[O-])c1)N(C)CC=C2. The summed E-state index contributed by atoms with van der Waals surface area (Å²) < 4.78 is 5.05. The Bertz CT molecular complexity index is 469. The minimum atomic E-state index is -0.378. The second-order valence-electron chi connectivity index (χ2n) is 3.62. The number of benzene rings is 1. The van der Waals surface area contributed by atoms with Gasteiger partial charge in [-0.2, -0.15) is 0 Å². The van der Waals surface area contributed by atoms with Crippen LogP contribution < -0.4 is 9.64 Å². The Labute approximate surface area is 93.1 Å². The van der Waals surface area contributed by atoms with Crippen molar-refractivity contribution in [3.63, 3.8) is 0 Å². The number of hydrogen-bond acceptors (Lipinski definition) is 4. The van der Waals surface area contributed by atoms with E-state index >= 15 is 0 Å². The molecule has 1 heterocycles. The first kappa shape index (κ1) is 10.5. The normalized spacial score (nSPS) is 13.5. The number of rotatable bonds is 2. The van der Waals surface area contributed by atoms with Crippen molar-refractivity contribution in [1.82, 2.24) is 0 Å². The molecule has 1 aliphatic heterocycles. The molecule has 0 aliphatic carbocycles. The van der Waals surface area contributed by atoms with E-state index in [2.05, 4.69) is 0 Å². The zero-order valence-electron chi connectivity index (χ0n) is 9.14. The summed E-state index contributed by atoms with van der Waals surface area (Å²) in [5, 5.41) is 11.0. The molecule has 0 N–H and O–H groups in total. The molecule has 84 valence electrons. The number of nitrogens with zero attached hydrogens (tertiary/aromatic N) is 2. The lowest BCUT2D eigenvalue weighted by atomic mass is 10.1. The molecule has 1 aliphatic rings. The second-order valence-corrected chi connectivity index (χ2v) is 3.62. The Morgan fingerprint density at radius 2 is 2.25 bits per heavy atom. The van der Waals surface area contributed by atoms with Gasteiger partial charge in [0.05, 0.1) is 18.1 Å². The second kappa shape index (κ2) is 3.84. The van der Waals surface area contributed by atoms with Crippen molar-refractivity contribution in [2.75, 3.05) is 25.6 Å². The van der Waals surface area contributed by atoms with Gasteiger partial charge in [-0.05, 0) is 6.07 Å². The molecule has 5 nitrogen and oxygen atoms in total. The molecule has 5 heteroatoms. The molecule has 16 heavy (non-hydrogen) atoms. The number of ether oxygens (including phenoxy) is 1. The first-order valence-electron chi connectivity index (χ1n) is 4.87. The molecule has 0 saturated heterocycles. The van der Waals surface area contributed by atoms with Crippen LogP contribution in [-0.2, 0) is 0 Å². The van der Waals surface area contributed by atoms with E-state index in [0.29, 0.717) is 18.0 Å². The van der Waals surface area contributed by atoms with Crippen molar-refractivity contribution >= 4 is 17.5 Å². The van der Waals surface area contributed by atoms with Crippen LogP contribution in [-0.4, -0.2) is 25.6 Å². The zero-order valence-corrected chi connectivity index (χ0v) is 9.14. The Balaban J connectivity index is 2.67. The highest BCUT2D eigenvalue weighted by Gasteiger charge is 2.23. The average molecular weight is 220 g/mol. The molecule has 0 aromatic heterocycles. The van der Waals surface area contributed by atoms with Crippen LogP contribution >= 0.6 is 0 Å². The van der Waals surface area contributed by atoms with Crippen LogP contribution in [0, 0.1) is 10.1 Å². The predicted octanol–water partition coefficient (Wildman–Crippen LogP) is 2.07. The van der Waals surface area contributed by atoms with Gasteiger partial charge in [0, 0.05) is 19.2 Å². The molecule has 0 unspecified atom stereocenters. The quantitative estimate of drug-likeness (QED) is 0.565. The van der Waals surface area contributed by atoms with E-state index in [4.69, 9.17) is 4.74 Å². The van der Waals surface area contributed by atoms with Gasteiger partial charge in [-0.25, -0.2) is 0 Å². The smallest absolute Gasteiger partial charge is 0.296 e. The maximum atomic E-state index is 11.0. The van der Waals surface area contributed by atoms with Crippen molar-refractivity contribution in [3.8, 4) is 5.75 Å². The van der Waals surface area contributed by atoms with Crippen LogP contribution in [0.5, 0.6) is 5.75 Å². The number of nitro groups is 1. The maximum absolute atomic E-state index is 11.0. The van der Waals surface area contributed by atoms with E-state index in [0.717, 1.165) is 5.56 Å².